The lowest BCUT2D eigenvalue weighted by Crippen LogP contribution is -2.27. The number of amides is 1. The molecule has 0 spiro atoms. The minimum atomic E-state index is -0.225. The van der Waals surface area contributed by atoms with Crippen molar-refractivity contribution in [3.63, 3.8) is 0 Å². The first-order chi connectivity index (χ1) is 12.7. The van der Waals surface area contributed by atoms with E-state index in [9.17, 15) is 9.59 Å². The third-order valence-corrected chi connectivity index (χ3v) is 5.22. The lowest BCUT2D eigenvalue weighted by atomic mass is 10.2. The predicted octanol–water partition coefficient (Wildman–Crippen LogP) is 2.19. The molecule has 8 nitrogen and oxygen atoms in total. The van der Waals surface area contributed by atoms with Crippen molar-refractivity contribution in [2.75, 3.05) is 17.7 Å². The van der Waals surface area contributed by atoms with Crippen LogP contribution in [0.15, 0.2) is 40.4 Å². The summed E-state index contributed by atoms with van der Waals surface area (Å²) in [5.41, 5.74) is 1.01. The molecule has 0 bridgehead atoms. The van der Waals surface area contributed by atoms with Crippen molar-refractivity contribution in [2.24, 2.45) is 0 Å². The summed E-state index contributed by atoms with van der Waals surface area (Å²) in [6.07, 6.45) is 1.68. The molecule has 0 radical (unpaired) electrons. The summed E-state index contributed by atoms with van der Waals surface area (Å²) in [5, 5.41) is 10.5. The van der Waals surface area contributed by atoms with E-state index in [-0.39, 0.29) is 23.9 Å². The van der Waals surface area contributed by atoms with Crippen LogP contribution in [0.2, 0.25) is 0 Å². The highest BCUT2D eigenvalue weighted by molar-refractivity contribution is 7.99. The van der Waals surface area contributed by atoms with Crippen LogP contribution in [0.4, 0.5) is 5.69 Å². The van der Waals surface area contributed by atoms with E-state index in [4.69, 9.17) is 4.74 Å². The summed E-state index contributed by atoms with van der Waals surface area (Å²) in [4.78, 5) is 29.5. The number of thioether (sulfide) groups is 1. The maximum Gasteiger partial charge on any atom is 0.265 e. The molecule has 3 aromatic rings. The van der Waals surface area contributed by atoms with Gasteiger partial charge >= 0.3 is 0 Å². The zero-order chi connectivity index (χ0) is 18.1. The number of aromatic amines is 1. The number of nitrogens with zero attached hydrogens (tertiary/aromatic N) is 3. The summed E-state index contributed by atoms with van der Waals surface area (Å²) in [6.45, 7) is 2.51. The van der Waals surface area contributed by atoms with E-state index >= 15 is 0 Å². The molecule has 134 valence electrons. The van der Waals surface area contributed by atoms with Gasteiger partial charge in [0, 0.05) is 17.9 Å². The van der Waals surface area contributed by atoms with E-state index in [1.165, 1.54) is 18.0 Å². The van der Waals surface area contributed by atoms with Crippen LogP contribution in [0.5, 0.6) is 5.75 Å². The Bertz CT molecular complexity index is 1010. The standard InChI is InChI=1S/C17H17N5O3S/c1-2-25-12-5-3-10(4-6-12)19-14(23)7-11-9-26-17-20-15-13(8-18-21-15)16(24)22(11)17/h3-6,8,11H,2,7,9H2,1H3,(H,18,21)(H,19,23). The van der Waals surface area contributed by atoms with E-state index < -0.39 is 0 Å². The Kier molecular flexibility index (Phi) is 4.37. The van der Waals surface area contributed by atoms with Crippen molar-refractivity contribution in [2.45, 2.75) is 24.5 Å². The number of hydrogen-bond donors (Lipinski definition) is 2. The Morgan fingerprint density at radius 3 is 3.00 bits per heavy atom. The van der Waals surface area contributed by atoms with Gasteiger partial charge in [-0.3, -0.25) is 19.3 Å². The molecule has 1 aliphatic rings. The summed E-state index contributed by atoms with van der Waals surface area (Å²) in [7, 11) is 0. The molecular formula is C17H17N5O3S. The Morgan fingerprint density at radius 1 is 1.42 bits per heavy atom. The fourth-order valence-electron chi connectivity index (χ4n) is 2.93. The lowest BCUT2D eigenvalue weighted by Gasteiger charge is -2.13. The van der Waals surface area contributed by atoms with E-state index in [1.54, 1.807) is 16.7 Å². The molecule has 1 amide bonds. The SMILES string of the molecule is CCOc1ccc(NC(=O)CC2CSc3nc4[nH]ncc4c(=O)n32)cc1. The van der Waals surface area contributed by atoms with Crippen molar-refractivity contribution in [3.05, 3.63) is 40.8 Å². The molecule has 0 aliphatic carbocycles. The monoisotopic (exact) mass is 371 g/mol. The number of nitrogens with one attached hydrogen (secondary N) is 2. The van der Waals surface area contributed by atoms with Gasteiger partial charge in [0.25, 0.3) is 5.56 Å². The second kappa shape index (κ2) is 6.83. The van der Waals surface area contributed by atoms with Crippen LogP contribution in [0.1, 0.15) is 19.4 Å². The number of H-pyrrole nitrogens is 1. The highest BCUT2D eigenvalue weighted by Crippen LogP contribution is 2.33. The second-order valence-corrected chi connectivity index (χ2v) is 6.86. The smallest absolute Gasteiger partial charge is 0.265 e. The number of carbonyl (C=O) groups is 1. The van der Waals surface area contributed by atoms with Crippen LogP contribution >= 0.6 is 11.8 Å². The number of aromatic nitrogens is 4. The van der Waals surface area contributed by atoms with Gasteiger partial charge in [-0.2, -0.15) is 5.10 Å². The molecule has 0 fully saturated rings. The number of anilines is 1. The maximum atomic E-state index is 12.6. The van der Waals surface area contributed by atoms with Crippen LogP contribution in [0.25, 0.3) is 11.0 Å². The number of hydrogen-bond acceptors (Lipinski definition) is 6. The average molecular weight is 371 g/mol. The van der Waals surface area contributed by atoms with E-state index in [1.807, 2.05) is 19.1 Å². The van der Waals surface area contributed by atoms with E-state index in [0.717, 1.165) is 5.75 Å². The Morgan fingerprint density at radius 2 is 2.23 bits per heavy atom. The lowest BCUT2D eigenvalue weighted by molar-refractivity contribution is -0.116. The fourth-order valence-corrected chi connectivity index (χ4v) is 4.07. The molecular weight excluding hydrogens is 354 g/mol. The summed E-state index contributed by atoms with van der Waals surface area (Å²) in [5.74, 6) is 1.25. The van der Waals surface area contributed by atoms with Gasteiger partial charge < -0.3 is 10.1 Å². The van der Waals surface area contributed by atoms with Gasteiger partial charge in [-0.1, -0.05) is 11.8 Å². The number of ether oxygens (including phenoxy) is 1. The van der Waals surface area contributed by atoms with Crippen LogP contribution < -0.4 is 15.6 Å². The number of carbonyl (C=O) groups excluding carboxylic acids is 1. The van der Waals surface area contributed by atoms with Gasteiger partial charge in [0.05, 0.1) is 18.8 Å². The minimum absolute atomic E-state index is 0.146. The molecule has 1 atom stereocenters. The molecule has 26 heavy (non-hydrogen) atoms. The first-order valence-corrected chi connectivity index (χ1v) is 9.25. The van der Waals surface area contributed by atoms with Crippen LogP contribution in [0, 0.1) is 0 Å². The number of fused-ring (bicyclic) bond motifs is 2. The molecule has 0 saturated heterocycles. The molecule has 1 aromatic carbocycles. The minimum Gasteiger partial charge on any atom is -0.494 e. The van der Waals surface area contributed by atoms with Crippen LogP contribution in [0.3, 0.4) is 0 Å². The van der Waals surface area contributed by atoms with Gasteiger partial charge in [-0.25, -0.2) is 4.98 Å². The molecule has 0 saturated carbocycles. The van der Waals surface area contributed by atoms with Crippen molar-refractivity contribution in [1.29, 1.82) is 0 Å². The van der Waals surface area contributed by atoms with Crippen molar-refractivity contribution < 1.29 is 9.53 Å². The summed E-state index contributed by atoms with van der Waals surface area (Å²) < 4.78 is 6.98. The zero-order valence-corrected chi connectivity index (χ0v) is 14.9. The second-order valence-electron chi connectivity index (χ2n) is 5.88. The quantitative estimate of drug-likeness (QED) is 0.667. The molecule has 2 aromatic heterocycles. The molecule has 2 N–H and O–H groups in total. The molecule has 4 rings (SSSR count). The van der Waals surface area contributed by atoms with Crippen molar-refractivity contribution in [3.8, 4) is 5.75 Å². The Labute approximate surface area is 153 Å². The topological polar surface area (TPSA) is 102 Å². The maximum absolute atomic E-state index is 12.6. The average Bonchev–Trinajstić information content (AvgIpc) is 3.25. The third-order valence-electron chi connectivity index (χ3n) is 4.12. The van der Waals surface area contributed by atoms with Gasteiger partial charge in [-0.05, 0) is 31.2 Å². The van der Waals surface area contributed by atoms with E-state index in [0.29, 0.717) is 34.2 Å². The van der Waals surface area contributed by atoms with Crippen LogP contribution in [-0.4, -0.2) is 38.0 Å². The molecule has 3 heterocycles. The van der Waals surface area contributed by atoms with Crippen molar-refractivity contribution >= 4 is 34.4 Å². The number of benzene rings is 1. The third kappa shape index (κ3) is 3.05. The largest absolute Gasteiger partial charge is 0.494 e. The highest BCUT2D eigenvalue weighted by Gasteiger charge is 2.28. The first-order valence-electron chi connectivity index (χ1n) is 8.27. The van der Waals surface area contributed by atoms with Crippen molar-refractivity contribution in [1.82, 2.24) is 19.7 Å². The molecule has 1 aliphatic heterocycles. The normalized spacial score (nSPS) is 15.8. The fraction of sp³-hybridized carbons (Fsp3) is 0.294. The Balaban J connectivity index is 1.49. The summed E-state index contributed by atoms with van der Waals surface area (Å²) >= 11 is 1.47. The zero-order valence-electron chi connectivity index (χ0n) is 14.1. The van der Waals surface area contributed by atoms with Crippen LogP contribution in [-0.2, 0) is 4.79 Å². The predicted molar refractivity (Wildman–Crippen MR) is 98.8 cm³/mol. The Hall–Kier alpha value is -2.81. The molecule has 1 unspecified atom stereocenters. The van der Waals surface area contributed by atoms with Gasteiger partial charge in [0.1, 0.15) is 11.1 Å². The highest BCUT2D eigenvalue weighted by atomic mass is 32.2. The van der Waals surface area contributed by atoms with Gasteiger partial charge in [0.15, 0.2) is 10.8 Å². The van der Waals surface area contributed by atoms with E-state index in [2.05, 4.69) is 20.5 Å². The van der Waals surface area contributed by atoms with Gasteiger partial charge in [0.2, 0.25) is 5.91 Å². The van der Waals surface area contributed by atoms with Gasteiger partial charge in [-0.15, -0.1) is 0 Å². The summed E-state index contributed by atoms with van der Waals surface area (Å²) in [6, 6.07) is 6.98. The molecule has 9 heteroatoms. The first kappa shape index (κ1) is 16.6. The number of rotatable bonds is 5.